The summed E-state index contributed by atoms with van der Waals surface area (Å²) in [5.41, 5.74) is 6.47. The van der Waals surface area contributed by atoms with E-state index >= 15 is 0 Å². The molecule has 1 amide bonds. The second kappa shape index (κ2) is 6.21. The minimum absolute atomic E-state index is 0.338. The van der Waals surface area contributed by atoms with Gasteiger partial charge in [-0.25, -0.2) is 0 Å². The molecule has 2 rings (SSSR count). The van der Waals surface area contributed by atoms with E-state index in [1.54, 1.807) is 48.5 Å². The average Bonchev–Trinajstić information content (AvgIpc) is 2.47. The molecule has 0 aliphatic rings. The van der Waals surface area contributed by atoms with E-state index in [1.807, 2.05) is 6.92 Å². The molecule has 0 aliphatic heterocycles. The van der Waals surface area contributed by atoms with Crippen LogP contribution >= 0.6 is 0 Å². The first-order valence-electron chi connectivity index (χ1n) is 6.46. The van der Waals surface area contributed by atoms with Gasteiger partial charge in [0.25, 0.3) is 5.91 Å². The Hall–Kier alpha value is -2.33. The molecular weight excluding hydrogens is 254 g/mol. The van der Waals surface area contributed by atoms with Gasteiger partial charge >= 0.3 is 0 Å². The predicted octanol–water partition coefficient (Wildman–Crippen LogP) is 3.02. The monoisotopic (exact) mass is 271 g/mol. The fraction of sp³-hybridized carbons (Fsp3) is 0.188. The fourth-order valence-corrected chi connectivity index (χ4v) is 1.88. The van der Waals surface area contributed by atoms with Crippen molar-refractivity contribution in [3.63, 3.8) is 0 Å². The molecule has 0 saturated carbocycles. The van der Waals surface area contributed by atoms with Crippen LogP contribution in [0.1, 0.15) is 35.4 Å². The van der Waals surface area contributed by atoms with Crippen LogP contribution < -0.4 is 10.5 Å². The van der Waals surface area contributed by atoms with Gasteiger partial charge in [-0.3, -0.25) is 4.79 Å². The number of hydrogen-bond acceptors (Lipinski definition) is 3. The number of carbonyl (C=O) groups is 1. The Morgan fingerprint density at radius 3 is 2.45 bits per heavy atom. The summed E-state index contributed by atoms with van der Waals surface area (Å²) in [6.07, 6.45) is 0.187. The maximum atomic E-state index is 11.3. The number of hydrogen-bond donors (Lipinski definition) is 2. The second-order valence-electron chi connectivity index (χ2n) is 4.46. The summed E-state index contributed by atoms with van der Waals surface area (Å²) in [4.78, 5) is 11.3. The van der Waals surface area contributed by atoms with E-state index in [0.29, 0.717) is 23.5 Å². The summed E-state index contributed by atoms with van der Waals surface area (Å²) in [6, 6.07) is 13.9. The maximum Gasteiger partial charge on any atom is 0.252 e. The van der Waals surface area contributed by atoms with Gasteiger partial charge in [0.15, 0.2) is 0 Å². The topological polar surface area (TPSA) is 72.6 Å². The molecule has 0 spiro atoms. The number of aliphatic hydroxyl groups is 1. The zero-order valence-electron chi connectivity index (χ0n) is 11.2. The number of aliphatic hydroxyl groups excluding tert-OH is 1. The Morgan fingerprint density at radius 2 is 1.85 bits per heavy atom. The molecule has 0 aliphatic carbocycles. The highest BCUT2D eigenvalue weighted by Crippen LogP contribution is 2.26. The van der Waals surface area contributed by atoms with Crippen LogP contribution in [0.4, 0.5) is 0 Å². The summed E-state index contributed by atoms with van der Waals surface area (Å²) in [7, 11) is 0. The lowest BCUT2D eigenvalue weighted by atomic mass is 10.1. The van der Waals surface area contributed by atoms with E-state index in [1.165, 1.54) is 0 Å². The number of rotatable bonds is 5. The van der Waals surface area contributed by atoms with E-state index < -0.39 is 12.0 Å². The van der Waals surface area contributed by atoms with E-state index in [4.69, 9.17) is 10.5 Å². The van der Waals surface area contributed by atoms with Crippen molar-refractivity contribution < 1.29 is 14.6 Å². The molecule has 0 radical (unpaired) electrons. The van der Waals surface area contributed by atoms with Crippen LogP contribution in [0.15, 0.2) is 48.5 Å². The summed E-state index contributed by atoms with van der Waals surface area (Å²) >= 11 is 0. The Kier molecular flexibility index (Phi) is 4.38. The quantitative estimate of drug-likeness (QED) is 0.878. The van der Waals surface area contributed by atoms with Crippen LogP contribution in [0.3, 0.4) is 0 Å². The van der Waals surface area contributed by atoms with Gasteiger partial charge in [0.05, 0.1) is 11.7 Å². The standard InChI is InChI=1S/C16H17NO3/c1-2-14(18)11-7-9-12(10-8-11)20-15-6-4-3-5-13(15)16(17)19/h3-10,14,18H,2H2,1H3,(H2,17,19)/t14-/m0/s1. The Morgan fingerprint density at radius 1 is 1.20 bits per heavy atom. The van der Waals surface area contributed by atoms with Crippen LogP contribution in [0, 0.1) is 0 Å². The molecule has 4 nitrogen and oxygen atoms in total. The lowest BCUT2D eigenvalue weighted by Gasteiger charge is -2.11. The normalized spacial score (nSPS) is 11.9. The summed E-state index contributed by atoms with van der Waals surface area (Å²) < 4.78 is 5.66. The van der Waals surface area contributed by atoms with E-state index in [9.17, 15) is 9.90 Å². The number of amides is 1. The van der Waals surface area contributed by atoms with Crippen molar-refractivity contribution >= 4 is 5.91 Å². The number of primary amides is 1. The molecule has 0 heterocycles. The molecule has 3 N–H and O–H groups in total. The molecule has 4 heteroatoms. The van der Waals surface area contributed by atoms with Crippen LogP contribution in [0.25, 0.3) is 0 Å². The van der Waals surface area contributed by atoms with Gasteiger partial charge in [-0.1, -0.05) is 31.2 Å². The second-order valence-corrected chi connectivity index (χ2v) is 4.46. The van der Waals surface area contributed by atoms with Crippen molar-refractivity contribution in [1.82, 2.24) is 0 Å². The van der Waals surface area contributed by atoms with Crippen LogP contribution in [-0.2, 0) is 0 Å². The first-order chi connectivity index (χ1) is 9.61. The van der Waals surface area contributed by atoms with Crippen LogP contribution in [0.5, 0.6) is 11.5 Å². The predicted molar refractivity (Wildman–Crippen MR) is 76.7 cm³/mol. The van der Waals surface area contributed by atoms with Gasteiger partial charge in [0.1, 0.15) is 11.5 Å². The molecule has 1 atom stereocenters. The third kappa shape index (κ3) is 3.16. The van der Waals surface area contributed by atoms with Gasteiger partial charge in [-0.15, -0.1) is 0 Å². The highest BCUT2D eigenvalue weighted by molar-refractivity contribution is 5.95. The highest BCUT2D eigenvalue weighted by Gasteiger charge is 2.10. The van der Waals surface area contributed by atoms with Crippen molar-refractivity contribution in [2.45, 2.75) is 19.4 Å². The molecular formula is C16H17NO3. The smallest absolute Gasteiger partial charge is 0.252 e. The van der Waals surface area contributed by atoms with Crippen molar-refractivity contribution in [2.75, 3.05) is 0 Å². The summed E-state index contributed by atoms with van der Waals surface area (Å²) in [5, 5.41) is 9.72. The molecule has 2 aromatic carbocycles. The zero-order valence-corrected chi connectivity index (χ0v) is 11.2. The third-order valence-corrected chi connectivity index (χ3v) is 3.03. The first-order valence-corrected chi connectivity index (χ1v) is 6.46. The summed E-state index contributed by atoms with van der Waals surface area (Å²) in [5.74, 6) is 0.480. The summed E-state index contributed by atoms with van der Waals surface area (Å²) in [6.45, 7) is 1.91. The minimum Gasteiger partial charge on any atom is -0.457 e. The maximum absolute atomic E-state index is 11.3. The van der Waals surface area contributed by atoms with E-state index in [2.05, 4.69) is 0 Å². The van der Waals surface area contributed by atoms with Crippen molar-refractivity contribution in [3.05, 3.63) is 59.7 Å². The Bertz CT molecular complexity index is 593. The SMILES string of the molecule is CC[C@H](O)c1ccc(Oc2ccccc2C(N)=O)cc1. The van der Waals surface area contributed by atoms with Crippen molar-refractivity contribution in [3.8, 4) is 11.5 Å². The molecule has 2 aromatic rings. The average molecular weight is 271 g/mol. The molecule has 104 valence electrons. The number of carbonyl (C=O) groups excluding carboxylic acids is 1. The van der Waals surface area contributed by atoms with Crippen molar-refractivity contribution in [2.24, 2.45) is 5.73 Å². The van der Waals surface area contributed by atoms with Gasteiger partial charge < -0.3 is 15.6 Å². The molecule has 0 aromatic heterocycles. The highest BCUT2D eigenvalue weighted by atomic mass is 16.5. The largest absolute Gasteiger partial charge is 0.457 e. The first kappa shape index (κ1) is 14.1. The third-order valence-electron chi connectivity index (χ3n) is 3.03. The molecule has 20 heavy (non-hydrogen) atoms. The fourth-order valence-electron chi connectivity index (χ4n) is 1.88. The lowest BCUT2D eigenvalue weighted by molar-refractivity contribution is 0.0998. The van der Waals surface area contributed by atoms with Gasteiger partial charge in [-0.05, 0) is 36.2 Å². The zero-order chi connectivity index (χ0) is 14.5. The number of para-hydroxylation sites is 1. The van der Waals surface area contributed by atoms with E-state index in [-0.39, 0.29) is 0 Å². The van der Waals surface area contributed by atoms with Crippen LogP contribution in [-0.4, -0.2) is 11.0 Å². The minimum atomic E-state index is -0.529. The Labute approximate surface area is 117 Å². The Balaban J connectivity index is 2.20. The lowest BCUT2D eigenvalue weighted by Crippen LogP contribution is -2.11. The van der Waals surface area contributed by atoms with Crippen molar-refractivity contribution in [1.29, 1.82) is 0 Å². The van der Waals surface area contributed by atoms with Gasteiger partial charge in [0, 0.05) is 0 Å². The van der Waals surface area contributed by atoms with Gasteiger partial charge in [-0.2, -0.15) is 0 Å². The molecule has 0 bridgehead atoms. The molecule has 0 unspecified atom stereocenters. The van der Waals surface area contributed by atoms with Crippen LogP contribution in [0.2, 0.25) is 0 Å². The number of benzene rings is 2. The van der Waals surface area contributed by atoms with Gasteiger partial charge in [0.2, 0.25) is 0 Å². The van der Waals surface area contributed by atoms with E-state index in [0.717, 1.165) is 5.56 Å². The number of ether oxygens (including phenoxy) is 1. The molecule has 0 saturated heterocycles. The molecule has 0 fully saturated rings. The number of nitrogens with two attached hydrogens (primary N) is 1.